The summed E-state index contributed by atoms with van der Waals surface area (Å²) in [5.74, 6) is 1.69. The van der Waals surface area contributed by atoms with E-state index in [1.54, 1.807) is 0 Å². The Kier molecular flexibility index (Phi) is 4.61. The lowest BCUT2D eigenvalue weighted by molar-refractivity contribution is 0.0398. The Balaban J connectivity index is 1.51. The third kappa shape index (κ3) is 3.55. The molecule has 2 aliphatic heterocycles. The van der Waals surface area contributed by atoms with Gasteiger partial charge < -0.3 is 19.5 Å². The first-order valence-electron chi connectivity index (χ1n) is 7.35. The minimum absolute atomic E-state index is 0.726. The molecule has 2 aliphatic rings. The monoisotopic (exact) mass is 278 g/mol. The van der Waals surface area contributed by atoms with Gasteiger partial charge in [0.2, 0.25) is 0 Å². The number of hydrogen-bond acceptors (Lipinski definition) is 5. The van der Waals surface area contributed by atoms with Gasteiger partial charge in [-0.1, -0.05) is 0 Å². The minimum atomic E-state index is 0.726. The van der Waals surface area contributed by atoms with Crippen LogP contribution in [0.4, 0.5) is 5.69 Å². The summed E-state index contributed by atoms with van der Waals surface area (Å²) in [6.45, 7) is 7.19. The number of ether oxygens (including phenoxy) is 3. The molecule has 0 saturated carbocycles. The second-order valence-corrected chi connectivity index (χ2v) is 5.09. The van der Waals surface area contributed by atoms with E-state index >= 15 is 0 Å². The normalized spacial score (nSPS) is 19.4. The molecule has 2 heterocycles. The SMILES string of the molecule is c1cc2c(cc1NCCN1CCOCC1)OCCCO2. The topological polar surface area (TPSA) is 43.0 Å². The lowest BCUT2D eigenvalue weighted by Crippen LogP contribution is -2.38. The molecule has 0 atom stereocenters. The van der Waals surface area contributed by atoms with Crippen molar-refractivity contribution in [3.63, 3.8) is 0 Å². The van der Waals surface area contributed by atoms with Gasteiger partial charge in [0, 0.05) is 44.4 Å². The van der Waals surface area contributed by atoms with Crippen molar-refractivity contribution in [3.8, 4) is 11.5 Å². The van der Waals surface area contributed by atoms with Crippen LogP contribution in [-0.4, -0.2) is 57.5 Å². The molecule has 1 aromatic rings. The van der Waals surface area contributed by atoms with Gasteiger partial charge in [-0.2, -0.15) is 0 Å². The van der Waals surface area contributed by atoms with Crippen LogP contribution in [0.3, 0.4) is 0 Å². The van der Waals surface area contributed by atoms with Crippen LogP contribution in [0.5, 0.6) is 11.5 Å². The lowest BCUT2D eigenvalue weighted by Gasteiger charge is -2.26. The van der Waals surface area contributed by atoms with Gasteiger partial charge in [0.1, 0.15) is 0 Å². The van der Waals surface area contributed by atoms with Crippen molar-refractivity contribution in [2.75, 3.05) is 57.9 Å². The summed E-state index contributed by atoms with van der Waals surface area (Å²) in [4.78, 5) is 2.42. The van der Waals surface area contributed by atoms with Crippen LogP contribution in [0, 0.1) is 0 Å². The minimum Gasteiger partial charge on any atom is -0.490 e. The highest BCUT2D eigenvalue weighted by molar-refractivity contribution is 5.54. The van der Waals surface area contributed by atoms with Crippen molar-refractivity contribution in [3.05, 3.63) is 18.2 Å². The number of anilines is 1. The summed E-state index contributed by atoms with van der Waals surface area (Å²) in [7, 11) is 0. The van der Waals surface area contributed by atoms with E-state index in [-0.39, 0.29) is 0 Å². The average molecular weight is 278 g/mol. The maximum absolute atomic E-state index is 5.69. The number of rotatable bonds is 4. The first kappa shape index (κ1) is 13.5. The van der Waals surface area contributed by atoms with Gasteiger partial charge in [-0.15, -0.1) is 0 Å². The quantitative estimate of drug-likeness (QED) is 0.906. The summed E-state index contributed by atoms with van der Waals surface area (Å²) < 4.78 is 16.7. The summed E-state index contributed by atoms with van der Waals surface area (Å²) in [5, 5.41) is 3.44. The van der Waals surface area contributed by atoms with Crippen LogP contribution in [0.2, 0.25) is 0 Å². The zero-order valence-electron chi connectivity index (χ0n) is 11.8. The molecule has 1 aromatic carbocycles. The zero-order chi connectivity index (χ0) is 13.6. The van der Waals surface area contributed by atoms with E-state index < -0.39 is 0 Å². The molecule has 0 unspecified atom stereocenters. The van der Waals surface area contributed by atoms with E-state index in [1.807, 2.05) is 18.2 Å². The number of benzene rings is 1. The van der Waals surface area contributed by atoms with E-state index in [2.05, 4.69) is 10.2 Å². The average Bonchev–Trinajstić information content (AvgIpc) is 2.73. The summed E-state index contributed by atoms with van der Waals surface area (Å²) in [5.41, 5.74) is 1.09. The highest BCUT2D eigenvalue weighted by Crippen LogP contribution is 2.32. The van der Waals surface area contributed by atoms with Crippen molar-refractivity contribution in [2.24, 2.45) is 0 Å². The van der Waals surface area contributed by atoms with Crippen molar-refractivity contribution in [1.82, 2.24) is 4.90 Å². The molecule has 0 aliphatic carbocycles. The van der Waals surface area contributed by atoms with E-state index in [0.29, 0.717) is 0 Å². The molecule has 110 valence electrons. The highest BCUT2D eigenvalue weighted by atomic mass is 16.5. The van der Waals surface area contributed by atoms with E-state index in [9.17, 15) is 0 Å². The van der Waals surface area contributed by atoms with Crippen molar-refractivity contribution >= 4 is 5.69 Å². The van der Waals surface area contributed by atoms with Crippen LogP contribution in [-0.2, 0) is 4.74 Å². The Morgan fingerprint density at radius 2 is 1.80 bits per heavy atom. The van der Waals surface area contributed by atoms with Gasteiger partial charge in [-0.3, -0.25) is 4.90 Å². The van der Waals surface area contributed by atoms with Crippen LogP contribution in [0.25, 0.3) is 0 Å². The molecule has 5 nitrogen and oxygen atoms in total. The molecule has 1 N–H and O–H groups in total. The highest BCUT2D eigenvalue weighted by Gasteiger charge is 2.11. The Morgan fingerprint density at radius 1 is 1.00 bits per heavy atom. The van der Waals surface area contributed by atoms with Gasteiger partial charge in [-0.05, 0) is 12.1 Å². The van der Waals surface area contributed by atoms with Crippen LogP contribution in [0.1, 0.15) is 6.42 Å². The Bertz CT molecular complexity index is 433. The Morgan fingerprint density at radius 3 is 2.65 bits per heavy atom. The van der Waals surface area contributed by atoms with E-state index in [4.69, 9.17) is 14.2 Å². The molecule has 0 radical (unpaired) electrons. The van der Waals surface area contributed by atoms with Gasteiger partial charge in [-0.25, -0.2) is 0 Å². The second-order valence-electron chi connectivity index (χ2n) is 5.09. The fourth-order valence-corrected chi connectivity index (χ4v) is 2.46. The van der Waals surface area contributed by atoms with Crippen LogP contribution in [0.15, 0.2) is 18.2 Å². The van der Waals surface area contributed by atoms with E-state index in [0.717, 1.165) is 76.2 Å². The summed E-state index contributed by atoms with van der Waals surface area (Å²) in [6.07, 6.45) is 0.939. The standard InChI is InChI=1S/C15H22N2O3/c1-8-19-14-3-2-13(12-15(14)20-9-1)16-4-5-17-6-10-18-11-7-17/h2-3,12,16H,1,4-11H2. The number of hydrogen-bond donors (Lipinski definition) is 1. The lowest BCUT2D eigenvalue weighted by atomic mass is 10.2. The molecular formula is C15H22N2O3. The molecule has 5 heteroatoms. The maximum atomic E-state index is 5.69. The van der Waals surface area contributed by atoms with Gasteiger partial charge >= 0.3 is 0 Å². The van der Waals surface area contributed by atoms with E-state index in [1.165, 1.54) is 0 Å². The number of nitrogens with one attached hydrogen (secondary N) is 1. The first-order valence-corrected chi connectivity index (χ1v) is 7.35. The van der Waals surface area contributed by atoms with Gasteiger partial charge in [0.15, 0.2) is 11.5 Å². The molecule has 0 amide bonds. The molecule has 1 fully saturated rings. The number of nitrogens with zero attached hydrogens (tertiary/aromatic N) is 1. The Labute approximate surface area is 119 Å². The molecule has 0 aromatic heterocycles. The maximum Gasteiger partial charge on any atom is 0.163 e. The molecule has 1 saturated heterocycles. The third-order valence-electron chi connectivity index (χ3n) is 3.61. The predicted octanol–water partition coefficient (Wildman–Crippen LogP) is 1.59. The summed E-state index contributed by atoms with van der Waals surface area (Å²) in [6, 6.07) is 6.06. The zero-order valence-corrected chi connectivity index (χ0v) is 11.8. The fraction of sp³-hybridized carbons (Fsp3) is 0.600. The molecule has 3 rings (SSSR count). The van der Waals surface area contributed by atoms with Crippen molar-refractivity contribution < 1.29 is 14.2 Å². The van der Waals surface area contributed by atoms with Crippen molar-refractivity contribution in [1.29, 1.82) is 0 Å². The number of morpholine rings is 1. The van der Waals surface area contributed by atoms with Gasteiger partial charge in [0.05, 0.1) is 26.4 Å². The van der Waals surface area contributed by atoms with Gasteiger partial charge in [0.25, 0.3) is 0 Å². The molecular weight excluding hydrogens is 256 g/mol. The fourth-order valence-electron chi connectivity index (χ4n) is 2.46. The van der Waals surface area contributed by atoms with Crippen molar-refractivity contribution in [2.45, 2.75) is 6.42 Å². The Hall–Kier alpha value is -1.46. The second kappa shape index (κ2) is 6.81. The number of fused-ring (bicyclic) bond motifs is 1. The third-order valence-corrected chi connectivity index (χ3v) is 3.61. The molecule has 0 spiro atoms. The molecule has 20 heavy (non-hydrogen) atoms. The first-order chi connectivity index (χ1) is 9.92. The smallest absolute Gasteiger partial charge is 0.163 e. The van der Waals surface area contributed by atoms with Crippen LogP contribution < -0.4 is 14.8 Å². The van der Waals surface area contributed by atoms with Crippen LogP contribution >= 0.6 is 0 Å². The predicted molar refractivity (Wildman–Crippen MR) is 77.8 cm³/mol. The summed E-state index contributed by atoms with van der Waals surface area (Å²) >= 11 is 0. The largest absolute Gasteiger partial charge is 0.490 e. The molecule has 0 bridgehead atoms.